The van der Waals surface area contributed by atoms with Crippen molar-refractivity contribution in [2.45, 2.75) is 13.0 Å². The second-order valence-corrected chi connectivity index (χ2v) is 7.95. The molecular weight excluding hydrogens is 453 g/mol. The molecule has 1 aliphatic rings. The largest absolute Gasteiger partial charge is 0.507 e. The molecular formula is C27H22FNO6. The zero-order valence-electron chi connectivity index (χ0n) is 19.2. The standard InChI is InChI=1S/C27H22FNO6/c1-15-13-17(9-12-21(15)28)24(30)22-23(16-7-10-20(34-2)11-8-16)29(26(32)25(22)31)19-6-4-5-18(14-19)27(33)35-3/h4-14,23,30H,1-3H3/b24-22+. The van der Waals surface area contributed by atoms with Gasteiger partial charge < -0.3 is 14.6 Å². The fourth-order valence-electron chi connectivity index (χ4n) is 4.05. The molecule has 0 bridgehead atoms. The molecule has 0 aromatic heterocycles. The van der Waals surface area contributed by atoms with Crippen molar-refractivity contribution in [3.05, 3.63) is 100 Å². The van der Waals surface area contributed by atoms with E-state index in [0.717, 1.165) is 0 Å². The number of aliphatic hydroxyl groups is 1. The molecule has 1 unspecified atom stereocenters. The lowest BCUT2D eigenvalue weighted by atomic mass is 9.94. The van der Waals surface area contributed by atoms with Crippen LogP contribution < -0.4 is 9.64 Å². The van der Waals surface area contributed by atoms with Crippen LogP contribution in [0, 0.1) is 12.7 Å². The van der Waals surface area contributed by atoms with Crippen LogP contribution in [0.4, 0.5) is 10.1 Å². The number of methoxy groups -OCH3 is 2. The van der Waals surface area contributed by atoms with Gasteiger partial charge >= 0.3 is 5.97 Å². The van der Waals surface area contributed by atoms with E-state index in [1.165, 1.54) is 56.4 Å². The third-order valence-corrected chi connectivity index (χ3v) is 5.85. The van der Waals surface area contributed by atoms with Crippen LogP contribution >= 0.6 is 0 Å². The molecule has 1 aliphatic heterocycles. The number of ether oxygens (including phenoxy) is 2. The average Bonchev–Trinajstić information content (AvgIpc) is 3.15. The third-order valence-electron chi connectivity index (χ3n) is 5.85. The number of aliphatic hydroxyl groups excluding tert-OH is 1. The molecule has 1 N–H and O–H groups in total. The van der Waals surface area contributed by atoms with Crippen LogP contribution in [0.1, 0.15) is 33.1 Å². The number of hydrogen-bond donors (Lipinski definition) is 1. The van der Waals surface area contributed by atoms with Gasteiger partial charge in [-0.1, -0.05) is 18.2 Å². The normalized spacial score (nSPS) is 16.9. The topological polar surface area (TPSA) is 93.1 Å². The summed E-state index contributed by atoms with van der Waals surface area (Å²) >= 11 is 0. The van der Waals surface area contributed by atoms with E-state index in [1.807, 2.05) is 0 Å². The van der Waals surface area contributed by atoms with Crippen LogP contribution in [-0.2, 0) is 14.3 Å². The summed E-state index contributed by atoms with van der Waals surface area (Å²) in [6.45, 7) is 1.53. The summed E-state index contributed by atoms with van der Waals surface area (Å²) in [6, 6.07) is 15.7. The van der Waals surface area contributed by atoms with Crippen molar-refractivity contribution in [2.24, 2.45) is 0 Å². The lowest BCUT2D eigenvalue weighted by Crippen LogP contribution is -2.29. The maximum absolute atomic E-state index is 13.8. The van der Waals surface area contributed by atoms with Crippen LogP contribution in [0.5, 0.6) is 5.75 Å². The number of esters is 1. The van der Waals surface area contributed by atoms with E-state index in [1.54, 1.807) is 36.4 Å². The first-order valence-electron chi connectivity index (χ1n) is 10.7. The number of benzene rings is 3. The van der Waals surface area contributed by atoms with Crippen LogP contribution in [0.25, 0.3) is 5.76 Å². The fraction of sp³-hybridized carbons (Fsp3) is 0.148. The van der Waals surface area contributed by atoms with Gasteiger partial charge in [-0.3, -0.25) is 14.5 Å². The molecule has 0 spiro atoms. The van der Waals surface area contributed by atoms with Gasteiger partial charge in [0.05, 0.1) is 31.4 Å². The smallest absolute Gasteiger partial charge is 0.337 e. The Hall–Kier alpha value is -4.46. The Bertz CT molecular complexity index is 1360. The number of ketones is 1. The molecule has 0 saturated carbocycles. The van der Waals surface area contributed by atoms with E-state index < -0.39 is 35.3 Å². The number of rotatable bonds is 5. The third kappa shape index (κ3) is 4.26. The molecule has 0 radical (unpaired) electrons. The van der Waals surface area contributed by atoms with E-state index in [2.05, 4.69) is 0 Å². The summed E-state index contributed by atoms with van der Waals surface area (Å²) in [7, 11) is 2.75. The molecule has 35 heavy (non-hydrogen) atoms. The molecule has 0 aliphatic carbocycles. The molecule has 4 rings (SSSR count). The summed E-state index contributed by atoms with van der Waals surface area (Å²) in [4.78, 5) is 39.8. The number of Topliss-reactive ketones (excluding diaryl/α,β-unsaturated/α-hetero) is 1. The highest BCUT2D eigenvalue weighted by atomic mass is 19.1. The van der Waals surface area contributed by atoms with Gasteiger partial charge in [0.15, 0.2) is 0 Å². The summed E-state index contributed by atoms with van der Waals surface area (Å²) in [5.41, 5.74) is 1.29. The van der Waals surface area contributed by atoms with E-state index >= 15 is 0 Å². The van der Waals surface area contributed by atoms with Gasteiger partial charge in [0, 0.05) is 11.3 Å². The number of amides is 1. The predicted octanol–water partition coefficient (Wildman–Crippen LogP) is 4.56. The van der Waals surface area contributed by atoms with Crippen molar-refractivity contribution in [3.63, 3.8) is 0 Å². The monoisotopic (exact) mass is 475 g/mol. The Labute approximate surface area is 201 Å². The zero-order chi connectivity index (χ0) is 25.3. The van der Waals surface area contributed by atoms with Gasteiger partial charge in [0.2, 0.25) is 0 Å². The Morgan fingerprint density at radius 1 is 0.971 bits per heavy atom. The lowest BCUT2D eigenvalue weighted by Gasteiger charge is -2.26. The highest BCUT2D eigenvalue weighted by Crippen LogP contribution is 2.42. The van der Waals surface area contributed by atoms with Gasteiger partial charge in [0.25, 0.3) is 11.7 Å². The van der Waals surface area contributed by atoms with Crippen LogP contribution in [0.3, 0.4) is 0 Å². The molecule has 178 valence electrons. The first kappa shape index (κ1) is 23.7. The van der Waals surface area contributed by atoms with Crippen molar-refractivity contribution in [2.75, 3.05) is 19.1 Å². The maximum atomic E-state index is 13.8. The van der Waals surface area contributed by atoms with Gasteiger partial charge in [-0.25, -0.2) is 9.18 Å². The fourth-order valence-corrected chi connectivity index (χ4v) is 4.05. The van der Waals surface area contributed by atoms with Gasteiger partial charge in [-0.15, -0.1) is 0 Å². The molecule has 3 aromatic carbocycles. The number of halogens is 1. The van der Waals surface area contributed by atoms with Crippen LogP contribution in [-0.4, -0.2) is 37.0 Å². The van der Waals surface area contributed by atoms with Crippen molar-refractivity contribution < 1.29 is 33.4 Å². The maximum Gasteiger partial charge on any atom is 0.337 e. The number of nitrogens with zero attached hydrogens (tertiary/aromatic N) is 1. The second-order valence-electron chi connectivity index (χ2n) is 7.95. The number of carbonyl (C=O) groups excluding carboxylic acids is 3. The van der Waals surface area contributed by atoms with Gasteiger partial charge in [0.1, 0.15) is 17.3 Å². The van der Waals surface area contributed by atoms with Crippen molar-refractivity contribution in [3.8, 4) is 5.75 Å². The SMILES string of the molecule is COC(=O)c1cccc(N2C(=O)C(=O)/C(=C(/O)c3ccc(F)c(C)c3)C2c2ccc(OC)cc2)c1. The van der Waals surface area contributed by atoms with Crippen LogP contribution in [0.2, 0.25) is 0 Å². The van der Waals surface area contributed by atoms with Crippen molar-refractivity contribution >= 4 is 29.1 Å². The van der Waals surface area contributed by atoms with Crippen molar-refractivity contribution in [1.82, 2.24) is 0 Å². The average molecular weight is 475 g/mol. The van der Waals surface area contributed by atoms with Gasteiger partial charge in [-0.05, 0) is 66.6 Å². The first-order chi connectivity index (χ1) is 16.8. The molecule has 8 heteroatoms. The summed E-state index contributed by atoms with van der Waals surface area (Å²) in [5.74, 6) is -2.73. The Morgan fingerprint density at radius 2 is 1.69 bits per heavy atom. The Kier molecular flexibility index (Phi) is 6.38. The number of anilines is 1. The van der Waals surface area contributed by atoms with E-state index in [0.29, 0.717) is 11.3 Å². The number of carbonyl (C=O) groups is 3. The first-order valence-corrected chi connectivity index (χ1v) is 10.7. The molecule has 1 fully saturated rings. The summed E-state index contributed by atoms with van der Waals surface area (Å²) in [6.07, 6.45) is 0. The van der Waals surface area contributed by atoms with E-state index in [9.17, 15) is 23.9 Å². The zero-order valence-corrected chi connectivity index (χ0v) is 19.2. The lowest BCUT2D eigenvalue weighted by molar-refractivity contribution is -0.132. The quantitative estimate of drug-likeness (QED) is 0.252. The highest BCUT2D eigenvalue weighted by Gasteiger charge is 2.47. The van der Waals surface area contributed by atoms with E-state index in [-0.39, 0.29) is 28.0 Å². The highest BCUT2D eigenvalue weighted by molar-refractivity contribution is 6.51. The second kappa shape index (κ2) is 9.42. The minimum atomic E-state index is -1.01. The minimum Gasteiger partial charge on any atom is -0.507 e. The summed E-state index contributed by atoms with van der Waals surface area (Å²) in [5, 5.41) is 11.2. The minimum absolute atomic E-state index is 0.158. The molecule has 1 atom stereocenters. The van der Waals surface area contributed by atoms with Gasteiger partial charge in [-0.2, -0.15) is 0 Å². The molecule has 1 saturated heterocycles. The predicted molar refractivity (Wildman–Crippen MR) is 127 cm³/mol. The van der Waals surface area contributed by atoms with Crippen LogP contribution in [0.15, 0.2) is 72.3 Å². The molecule has 3 aromatic rings. The number of hydrogen-bond acceptors (Lipinski definition) is 6. The number of aryl methyl sites for hydroxylation is 1. The summed E-state index contributed by atoms with van der Waals surface area (Å²) < 4.78 is 23.8. The molecule has 1 heterocycles. The molecule has 7 nitrogen and oxygen atoms in total. The Morgan fingerprint density at radius 3 is 2.31 bits per heavy atom. The van der Waals surface area contributed by atoms with Crippen molar-refractivity contribution in [1.29, 1.82) is 0 Å². The Balaban J connectivity index is 1.94. The molecule has 1 amide bonds. The van der Waals surface area contributed by atoms with E-state index in [4.69, 9.17) is 9.47 Å².